The molecule has 1 heterocycles. The second kappa shape index (κ2) is 4.61. The molecule has 1 saturated heterocycles. The van der Waals surface area contributed by atoms with Gasteiger partial charge >= 0.3 is 0 Å². The monoisotopic (exact) mass is 201 g/mol. The molecule has 1 rings (SSSR count). The SMILES string of the molecule is CC1C(C(C)(C)C)CCCN1CCF. The van der Waals surface area contributed by atoms with Gasteiger partial charge in [0.05, 0.1) is 0 Å². The summed E-state index contributed by atoms with van der Waals surface area (Å²) in [6, 6.07) is 0.541. The lowest BCUT2D eigenvalue weighted by Gasteiger charge is -2.45. The molecule has 2 atom stereocenters. The van der Waals surface area contributed by atoms with E-state index in [1.807, 2.05) is 0 Å². The lowest BCUT2D eigenvalue weighted by molar-refractivity contribution is 0.0382. The third kappa shape index (κ3) is 2.69. The van der Waals surface area contributed by atoms with Crippen LogP contribution in [0.5, 0.6) is 0 Å². The molecule has 0 aromatic heterocycles. The van der Waals surface area contributed by atoms with E-state index in [1.165, 1.54) is 12.8 Å². The molecule has 0 aliphatic carbocycles. The molecule has 1 fully saturated rings. The lowest BCUT2D eigenvalue weighted by Crippen LogP contribution is -2.48. The van der Waals surface area contributed by atoms with E-state index < -0.39 is 0 Å². The highest BCUT2D eigenvalue weighted by atomic mass is 19.1. The molecule has 0 radical (unpaired) electrons. The third-order valence-electron chi connectivity index (χ3n) is 3.60. The van der Waals surface area contributed by atoms with Gasteiger partial charge in [0, 0.05) is 12.6 Å². The molecular formula is C12H24FN. The minimum atomic E-state index is -0.207. The van der Waals surface area contributed by atoms with Gasteiger partial charge in [0.15, 0.2) is 0 Å². The van der Waals surface area contributed by atoms with Crippen molar-refractivity contribution in [2.24, 2.45) is 11.3 Å². The summed E-state index contributed by atoms with van der Waals surface area (Å²) in [6.07, 6.45) is 2.53. The Balaban J connectivity index is 2.61. The zero-order valence-electron chi connectivity index (χ0n) is 10.0. The highest BCUT2D eigenvalue weighted by Gasteiger charge is 2.35. The van der Waals surface area contributed by atoms with Gasteiger partial charge in [-0.1, -0.05) is 20.8 Å². The smallest absolute Gasteiger partial charge is 0.102 e. The van der Waals surface area contributed by atoms with E-state index in [9.17, 15) is 4.39 Å². The Hall–Kier alpha value is -0.110. The molecule has 0 saturated carbocycles. The first-order valence-corrected chi connectivity index (χ1v) is 5.77. The summed E-state index contributed by atoms with van der Waals surface area (Å²) in [5, 5.41) is 0. The summed E-state index contributed by atoms with van der Waals surface area (Å²) >= 11 is 0. The summed E-state index contributed by atoms with van der Waals surface area (Å²) in [5.41, 5.74) is 0.356. The van der Waals surface area contributed by atoms with Crippen molar-refractivity contribution in [2.45, 2.75) is 46.6 Å². The van der Waals surface area contributed by atoms with Gasteiger partial charge in [0.25, 0.3) is 0 Å². The Bertz CT molecular complexity index is 172. The predicted octanol–water partition coefficient (Wildman–Crippen LogP) is 3.10. The Kier molecular flexibility index (Phi) is 3.94. The number of rotatable bonds is 2. The Morgan fingerprint density at radius 3 is 2.50 bits per heavy atom. The van der Waals surface area contributed by atoms with Crippen LogP contribution in [0.3, 0.4) is 0 Å². The van der Waals surface area contributed by atoms with Crippen molar-refractivity contribution in [2.75, 3.05) is 19.8 Å². The molecule has 0 spiro atoms. The van der Waals surface area contributed by atoms with Crippen LogP contribution in [0.1, 0.15) is 40.5 Å². The van der Waals surface area contributed by atoms with E-state index in [-0.39, 0.29) is 6.67 Å². The van der Waals surface area contributed by atoms with Gasteiger partial charge in [-0.3, -0.25) is 4.90 Å². The van der Waals surface area contributed by atoms with Crippen molar-refractivity contribution < 1.29 is 4.39 Å². The van der Waals surface area contributed by atoms with Crippen molar-refractivity contribution in [3.05, 3.63) is 0 Å². The molecule has 0 N–H and O–H groups in total. The topological polar surface area (TPSA) is 3.24 Å². The average Bonchev–Trinajstić information content (AvgIpc) is 2.07. The maximum atomic E-state index is 12.3. The van der Waals surface area contributed by atoms with E-state index in [0.717, 1.165) is 6.54 Å². The quantitative estimate of drug-likeness (QED) is 0.663. The number of nitrogens with zero attached hydrogens (tertiary/aromatic N) is 1. The number of likely N-dealkylation sites (tertiary alicyclic amines) is 1. The molecule has 1 aliphatic heterocycles. The van der Waals surface area contributed by atoms with Crippen LogP contribution >= 0.6 is 0 Å². The molecule has 1 nitrogen and oxygen atoms in total. The van der Waals surface area contributed by atoms with E-state index >= 15 is 0 Å². The first kappa shape index (κ1) is 12.0. The van der Waals surface area contributed by atoms with E-state index in [2.05, 4.69) is 32.6 Å². The van der Waals surface area contributed by atoms with Crippen molar-refractivity contribution >= 4 is 0 Å². The summed E-state index contributed by atoms with van der Waals surface area (Å²) in [5.74, 6) is 0.711. The fourth-order valence-corrected chi connectivity index (χ4v) is 2.79. The minimum absolute atomic E-state index is 0.207. The van der Waals surface area contributed by atoms with Crippen molar-refractivity contribution in [1.29, 1.82) is 0 Å². The Morgan fingerprint density at radius 1 is 1.36 bits per heavy atom. The average molecular weight is 201 g/mol. The van der Waals surface area contributed by atoms with E-state index in [0.29, 0.717) is 23.9 Å². The molecule has 0 bridgehead atoms. The number of hydrogen-bond acceptors (Lipinski definition) is 1. The highest BCUT2D eigenvalue weighted by molar-refractivity contribution is 4.87. The first-order chi connectivity index (χ1) is 6.46. The van der Waals surface area contributed by atoms with Crippen LogP contribution < -0.4 is 0 Å². The molecule has 84 valence electrons. The van der Waals surface area contributed by atoms with Gasteiger partial charge in [-0.2, -0.15) is 0 Å². The number of hydrogen-bond donors (Lipinski definition) is 0. The number of halogens is 1. The molecule has 0 aromatic rings. The van der Waals surface area contributed by atoms with Crippen LogP contribution in [0.4, 0.5) is 4.39 Å². The fraction of sp³-hybridized carbons (Fsp3) is 1.00. The van der Waals surface area contributed by atoms with Crippen LogP contribution in [0.15, 0.2) is 0 Å². The van der Waals surface area contributed by atoms with Crippen LogP contribution in [-0.4, -0.2) is 30.7 Å². The molecule has 2 unspecified atom stereocenters. The zero-order chi connectivity index (χ0) is 10.8. The second-order valence-corrected chi connectivity index (χ2v) is 5.58. The summed E-state index contributed by atoms with van der Waals surface area (Å²) in [7, 11) is 0. The fourth-order valence-electron chi connectivity index (χ4n) is 2.79. The Morgan fingerprint density at radius 2 is 2.00 bits per heavy atom. The standard InChI is InChI=1S/C12H24FN/c1-10-11(12(2,3)4)6-5-8-14(10)9-7-13/h10-11H,5-9H2,1-4H3. The van der Waals surface area contributed by atoms with E-state index in [1.54, 1.807) is 0 Å². The minimum Gasteiger partial charge on any atom is -0.298 e. The summed E-state index contributed by atoms with van der Waals surface area (Å²) < 4.78 is 12.3. The maximum Gasteiger partial charge on any atom is 0.102 e. The second-order valence-electron chi connectivity index (χ2n) is 5.58. The molecule has 1 aliphatic rings. The highest BCUT2D eigenvalue weighted by Crippen LogP contribution is 2.37. The normalized spacial score (nSPS) is 30.6. The van der Waals surface area contributed by atoms with Gasteiger partial charge in [-0.15, -0.1) is 0 Å². The van der Waals surface area contributed by atoms with Crippen LogP contribution in [0.2, 0.25) is 0 Å². The molecule has 0 amide bonds. The van der Waals surface area contributed by atoms with Crippen LogP contribution in [-0.2, 0) is 0 Å². The van der Waals surface area contributed by atoms with Crippen molar-refractivity contribution in [3.8, 4) is 0 Å². The Labute approximate surface area is 87.7 Å². The first-order valence-electron chi connectivity index (χ1n) is 5.77. The van der Waals surface area contributed by atoms with Crippen molar-refractivity contribution in [1.82, 2.24) is 4.90 Å². The number of alkyl halides is 1. The summed E-state index contributed by atoms with van der Waals surface area (Å²) in [6.45, 7) is 10.6. The van der Waals surface area contributed by atoms with Gasteiger partial charge < -0.3 is 0 Å². The van der Waals surface area contributed by atoms with Crippen LogP contribution in [0.25, 0.3) is 0 Å². The largest absolute Gasteiger partial charge is 0.298 e. The lowest BCUT2D eigenvalue weighted by atomic mass is 9.72. The van der Waals surface area contributed by atoms with Gasteiger partial charge in [-0.25, -0.2) is 4.39 Å². The van der Waals surface area contributed by atoms with Gasteiger partial charge in [0.2, 0.25) is 0 Å². The molecule has 2 heteroatoms. The predicted molar refractivity (Wildman–Crippen MR) is 59.2 cm³/mol. The summed E-state index contributed by atoms with van der Waals surface area (Å²) in [4.78, 5) is 2.30. The molecule has 14 heavy (non-hydrogen) atoms. The molecular weight excluding hydrogens is 177 g/mol. The van der Waals surface area contributed by atoms with Gasteiger partial charge in [-0.05, 0) is 37.6 Å². The number of piperidine rings is 1. The van der Waals surface area contributed by atoms with E-state index in [4.69, 9.17) is 0 Å². The molecule has 0 aromatic carbocycles. The van der Waals surface area contributed by atoms with Crippen LogP contribution in [0, 0.1) is 11.3 Å². The third-order valence-corrected chi connectivity index (χ3v) is 3.60. The zero-order valence-corrected chi connectivity index (χ0v) is 10.0. The maximum absolute atomic E-state index is 12.3. The van der Waals surface area contributed by atoms with Crippen molar-refractivity contribution in [3.63, 3.8) is 0 Å². The van der Waals surface area contributed by atoms with Gasteiger partial charge in [0.1, 0.15) is 6.67 Å².